The molecule has 0 aromatic rings. The number of aliphatic hydroxyl groups excluding tert-OH is 1. The molecule has 0 spiro atoms. The number of hydrogen-bond donors (Lipinski definition) is 5. The van der Waals surface area contributed by atoms with E-state index in [4.69, 9.17) is 0 Å². The Morgan fingerprint density at radius 2 is 2.12 bits per heavy atom. The molecule has 3 unspecified atom stereocenters. The largest absolute Gasteiger partial charge is 0.481 e. The monoisotopic (exact) mass is 342 g/mol. The van der Waals surface area contributed by atoms with Crippen molar-refractivity contribution < 1.29 is 19.8 Å². The smallest absolute Gasteiger partial charge is 0.312 e. The second-order valence-corrected chi connectivity index (χ2v) is 6.68. The van der Waals surface area contributed by atoms with Crippen LogP contribution in [-0.2, 0) is 9.59 Å². The van der Waals surface area contributed by atoms with Crippen molar-refractivity contribution in [2.45, 2.75) is 58.1 Å². The van der Waals surface area contributed by atoms with Crippen molar-refractivity contribution >= 4 is 18.2 Å². The lowest BCUT2D eigenvalue weighted by Gasteiger charge is -2.29. The van der Waals surface area contributed by atoms with Crippen LogP contribution in [-0.4, -0.2) is 54.2 Å². The van der Waals surface area contributed by atoms with Gasteiger partial charge in [0.25, 0.3) is 0 Å². The number of hydrazone groups is 1. The minimum Gasteiger partial charge on any atom is -0.481 e. The highest BCUT2D eigenvalue weighted by atomic mass is 16.4. The van der Waals surface area contributed by atoms with Gasteiger partial charge in [0.1, 0.15) is 6.34 Å². The fraction of sp³-hybridized carbons (Fsp3) is 0.812. The maximum Gasteiger partial charge on any atom is 0.312 e. The van der Waals surface area contributed by atoms with E-state index in [2.05, 4.69) is 21.2 Å². The summed E-state index contributed by atoms with van der Waals surface area (Å²) in [4.78, 5) is 22.7. The van der Waals surface area contributed by atoms with Gasteiger partial charge < -0.3 is 26.3 Å². The first-order valence-electron chi connectivity index (χ1n) is 8.42. The van der Waals surface area contributed by atoms with Crippen LogP contribution in [0.25, 0.3) is 0 Å². The number of rotatable bonds is 10. The molecular formula is C16H30N4O4. The highest BCUT2D eigenvalue weighted by molar-refractivity contribution is 5.76. The molecule has 1 fully saturated rings. The number of nitrogens with zero attached hydrogens (tertiary/aromatic N) is 1. The van der Waals surface area contributed by atoms with Crippen LogP contribution >= 0.6 is 0 Å². The minimum absolute atomic E-state index is 0.0624. The number of nitrogens with one attached hydrogen (secondary N) is 3. The number of aliphatic carboxylic acids is 1. The van der Waals surface area contributed by atoms with E-state index in [1.165, 1.54) is 13.3 Å². The van der Waals surface area contributed by atoms with Crippen LogP contribution in [0.5, 0.6) is 0 Å². The van der Waals surface area contributed by atoms with Crippen molar-refractivity contribution in [3.63, 3.8) is 0 Å². The Hall–Kier alpha value is -1.83. The summed E-state index contributed by atoms with van der Waals surface area (Å²) >= 11 is 0. The van der Waals surface area contributed by atoms with E-state index in [1.807, 2.05) is 6.92 Å². The first kappa shape index (κ1) is 20.2. The topological polar surface area (TPSA) is 123 Å². The molecule has 0 aromatic heterocycles. The standard InChI is InChI=1S/C16H30N4O4/c1-11(5-7-18-12(2)21)4-6-16(15(23)24)9-13(8-14(16)22)19-10-20-17-3/h10-11,13-14,17,22H,4-9H2,1-3H3,(H,18,21)(H,19,20)(H,23,24)/t11-,13?,14?,16?/m0/s1. The molecule has 0 aliphatic heterocycles. The molecule has 5 N–H and O–H groups in total. The normalized spacial score (nSPS) is 27.8. The number of aliphatic hydroxyl groups is 1. The molecule has 0 heterocycles. The van der Waals surface area contributed by atoms with Gasteiger partial charge in [0.05, 0.1) is 11.5 Å². The molecule has 0 bridgehead atoms. The van der Waals surface area contributed by atoms with Crippen molar-refractivity contribution in [3.05, 3.63) is 0 Å². The highest BCUT2D eigenvalue weighted by Gasteiger charge is 2.52. The van der Waals surface area contributed by atoms with Crippen molar-refractivity contribution in [1.82, 2.24) is 16.1 Å². The van der Waals surface area contributed by atoms with Gasteiger partial charge in [-0.3, -0.25) is 9.59 Å². The molecule has 8 heteroatoms. The van der Waals surface area contributed by atoms with E-state index in [0.717, 1.165) is 6.42 Å². The number of carbonyl (C=O) groups excluding carboxylic acids is 1. The lowest BCUT2D eigenvalue weighted by atomic mass is 9.77. The van der Waals surface area contributed by atoms with E-state index >= 15 is 0 Å². The van der Waals surface area contributed by atoms with Gasteiger partial charge in [-0.1, -0.05) is 6.92 Å². The zero-order chi connectivity index (χ0) is 18.2. The predicted octanol–water partition coefficient (Wildman–Crippen LogP) is 0.276. The molecule has 24 heavy (non-hydrogen) atoms. The zero-order valence-corrected chi connectivity index (χ0v) is 14.7. The van der Waals surface area contributed by atoms with Crippen LogP contribution in [0, 0.1) is 11.3 Å². The first-order chi connectivity index (χ1) is 11.3. The molecule has 1 rings (SSSR count). The van der Waals surface area contributed by atoms with Crippen LogP contribution in [0.1, 0.15) is 46.0 Å². The zero-order valence-electron chi connectivity index (χ0n) is 14.7. The van der Waals surface area contributed by atoms with Gasteiger partial charge >= 0.3 is 5.97 Å². The molecular weight excluding hydrogens is 312 g/mol. The van der Waals surface area contributed by atoms with Gasteiger partial charge in [0.2, 0.25) is 5.91 Å². The summed E-state index contributed by atoms with van der Waals surface area (Å²) in [5.41, 5.74) is 1.49. The summed E-state index contributed by atoms with van der Waals surface area (Å²) in [5.74, 6) is -0.732. The Labute approximate surface area is 143 Å². The maximum atomic E-state index is 11.8. The molecule has 4 atom stereocenters. The molecule has 0 saturated heterocycles. The third-order valence-corrected chi connectivity index (χ3v) is 4.78. The summed E-state index contributed by atoms with van der Waals surface area (Å²) in [7, 11) is 1.67. The van der Waals surface area contributed by atoms with E-state index < -0.39 is 17.5 Å². The fourth-order valence-corrected chi connectivity index (χ4v) is 3.24. The van der Waals surface area contributed by atoms with Gasteiger partial charge in [-0.05, 0) is 38.0 Å². The van der Waals surface area contributed by atoms with E-state index in [9.17, 15) is 19.8 Å². The van der Waals surface area contributed by atoms with Crippen LogP contribution in [0.2, 0.25) is 0 Å². The molecule has 1 aliphatic carbocycles. The fourth-order valence-electron chi connectivity index (χ4n) is 3.24. The third kappa shape index (κ3) is 5.67. The second-order valence-electron chi connectivity index (χ2n) is 6.68. The maximum absolute atomic E-state index is 11.8. The highest BCUT2D eigenvalue weighted by Crippen LogP contribution is 2.43. The minimum atomic E-state index is -1.12. The lowest BCUT2D eigenvalue weighted by Crippen LogP contribution is -2.39. The molecule has 1 aliphatic rings. The third-order valence-electron chi connectivity index (χ3n) is 4.78. The number of amides is 1. The summed E-state index contributed by atoms with van der Waals surface area (Å²) in [6, 6.07) is -0.108. The molecule has 1 amide bonds. The summed E-state index contributed by atoms with van der Waals surface area (Å²) in [5, 5.41) is 29.7. The van der Waals surface area contributed by atoms with Gasteiger partial charge in [-0.15, -0.1) is 0 Å². The van der Waals surface area contributed by atoms with Crippen LogP contribution in [0.3, 0.4) is 0 Å². The average molecular weight is 342 g/mol. The Balaban J connectivity index is 2.57. The van der Waals surface area contributed by atoms with E-state index in [1.54, 1.807) is 7.05 Å². The van der Waals surface area contributed by atoms with E-state index in [-0.39, 0.29) is 17.9 Å². The Morgan fingerprint density at radius 1 is 1.42 bits per heavy atom. The number of hydrogen-bond acceptors (Lipinski definition) is 5. The summed E-state index contributed by atoms with van der Waals surface area (Å²) < 4.78 is 0. The van der Waals surface area contributed by atoms with Gasteiger partial charge in [-0.2, -0.15) is 5.10 Å². The van der Waals surface area contributed by atoms with Crippen LogP contribution in [0.15, 0.2) is 5.10 Å². The molecule has 0 radical (unpaired) electrons. The van der Waals surface area contributed by atoms with Gasteiger partial charge in [0.15, 0.2) is 0 Å². The van der Waals surface area contributed by atoms with E-state index in [0.29, 0.717) is 32.2 Å². The SMILES string of the molecule is CNN=CNC1CC(O)C(CC[C@H](C)CCNC(C)=O)(C(=O)O)C1. The lowest BCUT2D eigenvalue weighted by molar-refractivity contribution is -0.155. The summed E-state index contributed by atoms with van der Waals surface area (Å²) in [6.45, 7) is 4.10. The average Bonchev–Trinajstić information content (AvgIpc) is 2.82. The van der Waals surface area contributed by atoms with Crippen molar-refractivity contribution in [2.24, 2.45) is 16.4 Å². The quantitative estimate of drug-likeness (QED) is 0.221. The number of carboxylic acid groups (broad SMARTS) is 1. The van der Waals surface area contributed by atoms with Gasteiger partial charge in [-0.25, -0.2) is 0 Å². The molecule has 138 valence electrons. The molecule has 1 saturated carbocycles. The van der Waals surface area contributed by atoms with Crippen molar-refractivity contribution in [3.8, 4) is 0 Å². The predicted molar refractivity (Wildman–Crippen MR) is 91.5 cm³/mol. The van der Waals surface area contributed by atoms with Crippen molar-refractivity contribution in [1.29, 1.82) is 0 Å². The molecule has 8 nitrogen and oxygen atoms in total. The van der Waals surface area contributed by atoms with Crippen molar-refractivity contribution in [2.75, 3.05) is 13.6 Å². The molecule has 0 aromatic carbocycles. The Bertz CT molecular complexity index is 457. The van der Waals surface area contributed by atoms with Gasteiger partial charge in [0, 0.05) is 26.6 Å². The number of carbonyl (C=O) groups is 2. The van der Waals surface area contributed by atoms with Crippen LogP contribution < -0.4 is 16.1 Å². The second kappa shape index (κ2) is 9.46. The summed E-state index contributed by atoms with van der Waals surface area (Å²) in [6.07, 6.45) is 3.29. The van der Waals surface area contributed by atoms with Crippen LogP contribution in [0.4, 0.5) is 0 Å². The number of carboxylic acids is 1. The Morgan fingerprint density at radius 3 is 2.71 bits per heavy atom. The first-order valence-corrected chi connectivity index (χ1v) is 8.42. The Kier molecular flexibility index (Phi) is 7.97.